The van der Waals surface area contributed by atoms with Gasteiger partial charge in [-0.15, -0.1) is 0 Å². The van der Waals surface area contributed by atoms with Crippen LogP contribution in [0.25, 0.3) is 0 Å². The van der Waals surface area contributed by atoms with Gasteiger partial charge in [0, 0.05) is 56.2 Å². The first-order valence-corrected chi connectivity index (χ1v) is 13.5. The van der Waals surface area contributed by atoms with Gasteiger partial charge in [-0.2, -0.15) is 13.2 Å². The van der Waals surface area contributed by atoms with Gasteiger partial charge in [0.2, 0.25) is 0 Å². The smallest absolute Gasteiger partial charge is 0.416 e. The molecule has 2 heterocycles. The van der Waals surface area contributed by atoms with E-state index in [1.165, 1.54) is 17.0 Å². The van der Waals surface area contributed by atoms with Crippen LogP contribution in [-0.2, 0) is 15.7 Å². The van der Waals surface area contributed by atoms with Gasteiger partial charge in [-0.1, -0.05) is 23.7 Å². The second kappa shape index (κ2) is 12.8. The number of urea groups is 2. The summed E-state index contributed by atoms with van der Waals surface area (Å²) in [5.74, 6) is -0.540. The Bertz CT molecular complexity index is 1300. The molecule has 0 bridgehead atoms. The first kappa shape index (κ1) is 30.2. The number of rotatable bonds is 6. The fraction of sp³-hybridized carbons (Fsp3) is 0.393. The minimum atomic E-state index is -4.46. The summed E-state index contributed by atoms with van der Waals surface area (Å²) in [5.41, 5.74) is 0.958. The van der Waals surface area contributed by atoms with E-state index < -0.39 is 29.8 Å². The number of ether oxygens (including phenoxy) is 1. The molecule has 2 N–H and O–H groups in total. The number of halogens is 4. The molecule has 13 heteroatoms. The molecule has 2 aromatic rings. The highest BCUT2D eigenvalue weighted by atomic mass is 35.5. The third kappa shape index (κ3) is 7.31. The summed E-state index contributed by atoms with van der Waals surface area (Å²) in [7, 11) is 1.59. The van der Waals surface area contributed by atoms with E-state index in [2.05, 4.69) is 10.6 Å². The van der Waals surface area contributed by atoms with Gasteiger partial charge in [-0.3, -0.25) is 9.80 Å². The van der Waals surface area contributed by atoms with Gasteiger partial charge in [0.1, 0.15) is 0 Å². The van der Waals surface area contributed by atoms with E-state index in [9.17, 15) is 27.6 Å². The summed E-state index contributed by atoms with van der Waals surface area (Å²) in [4.78, 5) is 44.0. The molecule has 2 aliphatic rings. The molecule has 4 amide bonds. The highest BCUT2D eigenvalue weighted by Crippen LogP contribution is 2.32. The van der Waals surface area contributed by atoms with E-state index in [4.69, 9.17) is 16.3 Å². The van der Waals surface area contributed by atoms with Crippen molar-refractivity contribution in [2.24, 2.45) is 0 Å². The van der Waals surface area contributed by atoms with Crippen molar-refractivity contribution in [1.82, 2.24) is 20.0 Å². The Labute approximate surface area is 240 Å². The Balaban J connectivity index is 1.50. The fourth-order valence-electron chi connectivity index (χ4n) is 4.79. The molecule has 2 aliphatic heterocycles. The molecule has 1 fully saturated rings. The van der Waals surface area contributed by atoms with Crippen LogP contribution in [-0.4, -0.2) is 79.1 Å². The maximum atomic E-state index is 13.2. The van der Waals surface area contributed by atoms with Crippen molar-refractivity contribution in [3.63, 3.8) is 0 Å². The molecule has 41 heavy (non-hydrogen) atoms. The Hall–Kier alpha value is -3.77. The molecule has 0 radical (unpaired) electrons. The highest BCUT2D eigenvalue weighted by molar-refractivity contribution is 6.30. The van der Waals surface area contributed by atoms with Crippen LogP contribution < -0.4 is 10.6 Å². The van der Waals surface area contributed by atoms with Crippen LogP contribution in [0, 0.1) is 0 Å². The van der Waals surface area contributed by atoms with Gasteiger partial charge in [0.05, 0.1) is 23.8 Å². The first-order valence-electron chi connectivity index (χ1n) is 13.1. The average Bonchev–Trinajstić information content (AvgIpc) is 3.17. The second-order valence-corrected chi connectivity index (χ2v) is 10.1. The molecule has 0 aliphatic carbocycles. The molecule has 0 aromatic heterocycles. The van der Waals surface area contributed by atoms with E-state index in [1.54, 1.807) is 43.1 Å². The molecule has 2 aromatic carbocycles. The number of hydrogen-bond donors (Lipinski definition) is 2. The average molecular weight is 594 g/mol. The van der Waals surface area contributed by atoms with Crippen LogP contribution in [0.2, 0.25) is 5.02 Å². The minimum absolute atomic E-state index is 0.160. The Morgan fingerprint density at radius 3 is 2.37 bits per heavy atom. The number of amides is 4. The van der Waals surface area contributed by atoms with Crippen molar-refractivity contribution in [2.45, 2.75) is 25.6 Å². The zero-order valence-corrected chi connectivity index (χ0v) is 23.4. The number of nitrogens with zero attached hydrogens (tertiary/aromatic N) is 3. The topological polar surface area (TPSA) is 94.2 Å². The summed E-state index contributed by atoms with van der Waals surface area (Å²) < 4.78 is 43.9. The number of alkyl halides is 3. The van der Waals surface area contributed by atoms with E-state index in [0.717, 1.165) is 12.1 Å². The lowest BCUT2D eigenvalue weighted by atomic mass is 9.94. The minimum Gasteiger partial charge on any atom is -0.463 e. The molecule has 0 saturated carbocycles. The standard InChI is InChI=1S/C28H31ClF3N5O4/c1-3-41-25(38)23-22(35(2)26(39)34-24(23)18-5-9-20(29)10-6-18)17-36-13-4-14-37(16-15-36)27(40)33-21-11-7-19(8-12-21)28(30,31)32/h5-12,24H,3-4,13-17H2,1-2H3,(H,33,40)(H,34,39)/t24-/m0/s1. The van der Waals surface area contributed by atoms with Crippen LogP contribution in [0.1, 0.15) is 30.5 Å². The summed E-state index contributed by atoms with van der Waals surface area (Å²) in [5, 5.41) is 6.04. The Morgan fingerprint density at radius 1 is 1.05 bits per heavy atom. The quantitative estimate of drug-likeness (QED) is 0.454. The van der Waals surface area contributed by atoms with Crippen LogP contribution in [0.5, 0.6) is 0 Å². The Morgan fingerprint density at radius 2 is 1.73 bits per heavy atom. The summed E-state index contributed by atoms with van der Waals surface area (Å²) >= 11 is 6.05. The molecule has 4 rings (SSSR count). The van der Waals surface area contributed by atoms with Gasteiger partial charge < -0.3 is 20.3 Å². The lowest BCUT2D eigenvalue weighted by Gasteiger charge is -2.36. The number of likely N-dealkylation sites (N-methyl/N-ethyl adjacent to an activating group) is 1. The van der Waals surface area contributed by atoms with Crippen LogP contribution >= 0.6 is 11.6 Å². The van der Waals surface area contributed by atoms with E-state index in [-0.39, 0.29) is 24.9 Å². The molecule has 0 unspecified atom stereocenters. The zero-order valence-electron chi connectivity index (χ0n) is 22.6. The van der Waals surface area contributed by atoms with Crippen LogP contribution in [0.15, 0.2) is 59.8 Å². The summed E-state index contributed by atoms with van der Waals surface area (Å²) in [6.45, 7) is 3.93. The number of benzene rings is 2. The van der Waals surface area contributed by atoms with Crippen molar-refractivity contribution in [2.75, 3.05) is 51.7 Å². The summed E-state index contributed by atoms with van der Waals surface area (Å²) in [6, 6.07) is 9.60. The second-order valence-electron chi connectivity index (χ2n) is 9.70. The first-order chi connectivity index (χ1) is 19.5. The van der Waals surface area contributed by atoms with Gasteiger partial charge in [0.25, 0.3) is 0 Å². The number of carbonyl (C=O) groups excluding carboxylic acids is 3. The predicted octanol–water partition coefficient (Wildman–Crippen LogP) is 5.11. The molecule has 220 valence electrons. The monoisotopic (exact) mass is 593 g/mol. The summed E-state index contributed by atoms with van der Waals surface area (Å²) in [6.07, 6.45) is -3.85. The number of carbonyl (C=O) groups is 3. The molecule has 1 atom stereocenters. The molecular formula is C28H31ClF3N5O4. The number of anilines is 1. The van der Waals surface area contributed by atoms with Crippen molar-refractivity contribution in [3.05, 3.63) is 76.0 Å². The number of nitrogens with one attached hydrogen (secondary N) is 2. The maximum Gasteiger partial charge on any atom is 0.416 e. The van der Waals surface area contributed by atoms with Gasteiger partial charge >= 0.3 is 24.2 Å². The largest absolute Gasteiger partial charge is 0.463 e. The van der Waals surface area contributed by atoms with E-state index in [0.29, 0.717) is 54.5 Å². The maximum absolute atomic E-state index is 13.2. The lowest BCUT2D eigenvalue weighted by Crippen LogP contribution is -2.49. The van der Waals surface area contributed by atoms with E-state index >= 15 is 0 Å². The van der Waals surface area contributed by atoms with Crippen molar-refractivity contribution >= 4 is 35.3 Å². The zero-order chi connectivity index (χ0) is 29.7. The van der Waals surface area contributed by atoms with E-state index in [1.807, 2.05) is 4.90 Å². The molecule has 1 saturated heterocycles. The normalized spacial score (nSPS) is 18.6. The number of hydrogen-bond acceptors (Lipinski definition) is 5. The fourth-order valence-corrected chi connectivity index (χ4v) is 4.92. The van der Waals surface area contributed by atoms with Crippen LogP contribution in [0.4, 0.5) is 28.4 Å². The number of esters is 1. The van der Waals surface area contributed by atoms with Gasteiger partial charge in [-0.25, -0.2) is 14.4 Å². The third-order valence-electron chi connectivity index (χ3n) is 6.99. The molecular weight excluding hydrogens is 563 g/mol. The Kier molecular flexibility index (Phi) is 9.44. The highest BCUT2D eigenvalue weighted by Gasteiger charge is 2.37. The van der Waals surface area contributed by atoms with Crippen molar-refractivity contribution in [1.29, 1.82) is 0 Å². The van der Waals surface area contributed by atoms with Gasteiger partial charge in [-0.05, 0) is 55.3 Å². The van der Waals surface area contributed by atoms with Gasteiger partial charge in [0.15, 0.2) is 0 Å². The van der Waals surface area contributed by atoms with Crippen LogP contribution in [0.3, 0.4) is 0 Å². The SMILES string of the molecule is CCOC(=O)C1=C(CN2CCCN(C(=O)Nc3ccc(C(F)(F)F)cc3)CC2)N(C)C(=O)N[C@H]1c1ccc(Cl)cc1. The molecule has 9 nitrogen and oxygen atoms in total. The predicted molar refractivity (Wildman–Crippen MR) is 147 cm³/mol. The third-order valence-corrected chi connectivity index (χ3v) is 7.24. The van der Waals surface area contributed by atoms with Crippen molar-refractivity contribution < 1.29 is 32.3 Å². The lowest BCUT2D eigenvalue weighted by molar-refractivity contribution is -0.139. The van der Waals surface area contributed by atoms with Crippen molar-refractivity contribution in [3.8, 4) is 0 Å². The molecule has 0 spiro atoms.